The molecule has 0 amide bonds. The van der Waals surface area contributed by atoms with Gasteiger partial charge in [-0.05, 0) is 42.2 Å². The summed E-state index contributed by atoms with van der Waals surface area (Å²) < 4.78 is 5.84. The Morgan fingerprint density at radius 2 is 1.90 bits per heavy atom. The van der Waals surface area contributed by atoms with Crippen molar-refractivity contribution in [3.63, 3.8) is 0 Å². The fourth-order valence-corrected chi connectivity index (χ4v) is 2.74. The van der Waals surface area contributed by atoms with Crippen LogP contribution in [0.3, 0.4) is 0 Å². The Kier molecular flexibility index (Phi) is 4.03. The second-order valence-electron chi connectivity index (χ2n) is 5.46. The fourth-order valence-electron chi connectivity index (χ4n) is 2.74. The summed E-state index contributed by atoms with van der Waals surface area (Å²) in [5.74, 6) is 0.974. The predicted molar refractivity (Wildman–Crippen MR) is 82.1 cm³/mol. The molecule has 2 aromatic carbocycles. The van der Waals surface area contributed by atoms with Gasteiger partial charge in [-0.3, -0.25) is 4.90 Å². The van der Waals surface area contributed by atoms with Crippen LogP contribution < -0.4 is 4.74 Å². The van der Waals surface area contributed by atoms with Crippen molar-refractivity contribution in [2.45, 2.75) is 19.9 Å². The second kappa shape index (κ2) is 6.10. The molecule has 0 unspecified atom stereocenters. The van der Waals surface area contributed by atoms with Gasteiger partial charge in [-0.15, -0.1) is 0 Å². The number of aryl methyl sites for hydroxylation is 1. The van der Waals surface area contributed by atoms with Crippen molar-refractivity contribution < 1.29 is 4.74 Å². The van der Waals surface area contributed by atoms with E-state index in [1.807, 2.05) is 12.1 Å². The van der Waals surface area contributed by atoms with E-state index in [0.29, 0.717) is 0 Å². The molecule has 0 radical (unpaired) electrons. The minimum absolute atomic E-state index is 0.756. The first-order valence-electron chi connectivity index (χ1n) is 7.30. The highest BCUT2D eigenvalue weighted by Crippen LogP contribution is 2.18. The first kappa shape index (κ1) is 13.2. The van der Waals surface area contributed by atoms with Crippen LogP contribution in [0.4, 0.5) is 0 Å². The van der Waals surface area contributed by atoms with Gasteiger partial charge in [0.2, 0.25) is 0 Å². The second-order valence-corrected chi connectivity index (χ2v) is 5.46. The van der Waals surface area contributed by atoms with Gasteiger partial charge >= 0.3 is 0 Å². The predicted octanol–water partition coefficient (Wildman–Crippen LogP) is 3.43. The third-order valence-corrected chi connectivity index (χ3v) is 3.88. The van der Waals surface area contributed by atoms with Gasteiger partial charge in [0.1, 0.15) is 12.4 Å². The molecule has 0 saturated carbocycles. The molecule has 0 saturated heterocycles. The van der Waals surface area contributed by atoms with Gasteiger partial charge in [-0.1, -0.05) is 36.4 Å². The number of hydrogen-bond donors (Lipinski definition) is 0. The van der Waals surface area contributed by atoms with E-state index in [2.05, 4.69) is 48.2 Å². The number of benzene rings is 2. The summed E-state index contributed by atoms with van der Waals surface area (Å²) in [5, 5.41) is 0. The van der Waals surface area contributed by atoms with E-state index >= 15 is 0 Å². The molecule has 2 nitrogen and oxygen atoms in total. The SMILES string of the molecule is Cc1cccc(OCCN2CCc3ccccc3C2)c1. The summed E-state index contributed by atoms with van der Waals surface area (Å²) in [6.45, 7) is 6.02. The van der Waals surface area contributed by atoms with Gasteiger partial charge in [0.05, 0.1) is 0 Å². The zero-order valence-corrected chi connectivity index (χ0v) is 12.0. The average Bonchev–Trinajstić information content (AvgIpc) is 2.47. The van der Waals surface area contributed by atoms with Crippen LogP contribution in [-0.2, 0) is 13.0 Å². The number of hydrogen-bond acceptors (Lipinski definition) is 2. The van der Waals surface area contributed by atoms with E-state index in [1.165, 1.54) is 16.7 Å². The van der Waals surface area contributed by atoms with Crippen molar-refractivity contribution in [1.29, 1.82) is 0 Å². The van der Waals surface area contributed by atoms with Crippen molar-refractivity contribution in [1.82, 2.24) is 4.90 Å². The zero-order valence-electron chi connectivity index (χ0n) is 12.0. The lowest BCUT2D eigenvalue weighted by molar-refractivity contribution is 0.196. The molecule has 1 heterocycles. The largest absolute Gasteiger partial charge is 0.492 e. The van der Waals surface area contributed by atoms with E-state index in [4.69, 9.17) is 4.74 Å². The molecule has 0 atom stereocenters. The smallest absolute Gasteiger partial charge is 0.119 e. The number of rotatable bonds is 4. The highest BCUT2D eigenvalue weighted by molar-refractivity contribution is 5.29. The molecule has 1 aliphatic rings. The molecule has 0 bridgehead atoms. The molecular formula is C18H21NO. The zero-order chi connectivity index (χ0) is 13.8. The van der Waals surface area contributed by atoms with Gasteiger partial charge in [-0.25, -0.2) is 0 Å². The maximum absolute atomic E-state index is 5.84. The van der Waals surface area contributed by atoms with Crippen molar-refractivity contribution in [3.8, 4) is 5.75 Å². The van der Waals surface area contributed by atoms with Crippen LogP contribution in [0.1, 0.15) is 16.7 Å². The summed E-state index contributed by atoms with van der Waals surface area (Å²) in [7, 11) is 0. The van der Waals surface area contributed by atoms with Gasteiger partial charge < -0.3 is 4.74 Å². The van der Waals surface area contributed by atoms with E-state index < -0.39 is 0 Å². The van der Waals surface area contributed by atoms with Crippen LogP contribution in [0.15, 0.2) is 48.5 Å². The Balaban J connectivity index is 1.51. The van der Waals surface area contributed by atoms with Crippen LogP contribution in [0.5, 0.6) is 5.75 Å². The molecule has 1 aliphatic heterocycles. The maximum Gasteiger partial charge on any atom is 0.119 e. The van der Waals surface area contributed by atoms with Crippen LogP contribution >= 0.6 is 0 Å². The lowest BCUT2D eigenvalue weighted by Crippen LogP contribution is -2.33. The molecule has 20 heavy (non-hydrogen) atoms. The minimum atomic E-state index is 0.756. The summed E-state index contributed by atoms with van der Waals surface area (Å²) >= 11 is 0. The van der Waals surface area contributed by atoms with E-state index in [-0.39, 0.29) is 0 Å². The Labute approximate surface area is 121 Å². The first-order chi connectivity index (χ1) is 9.81. The molecule has 0 N–H and O–H groups in total. The molecule has 0 aliphatic carbocycles. The highest BCUT2D eigenvalue weighted by Gasteiger charge is 2.15. The normalized spacial score (nSPS) is 14.8. The van der Waals surface area contributed by atoms with Crippen LogP contribution in [-0.4, -0.2) is 24.6 Å². The lowest BCUT2D eigenvalue weighted by atomic mass is 10.0. The third-order valence-electron chi connectivity index (χ3n) is 3.88. The van der Waals surface area contributed by atoms with Crippen LogP contribution in [0.2, 0.25) is 0 Å². The van der Waals surface area contributed by atoms with Crippen molar-refractivity contribution in [2.24, 2.45) is 0 Å². The fraction of sp³-hybridized carbons (Fsp3) is 0.333. The van der Waals surface area contributed by atoms with E-state index in [0.717, 1.165) is 38.4 Å². The highest BCUT2D eigenvalue weighted by atomic mass is 16.5. The quantitative estimate of drug-likeness (QED) is 0.841. The summed E-state index contributed by atoms with van der Waals surface area (Å²) in [4.78, 5) is 2.47. The summed E-state index contributed by atoms with van der Waals surface area (Å²) in [5.41, 5.74) is 4.21. The van der Waals surface area contributed by atoms with E-state index in [1.54, 1.807) is 0 Å². The topological polar surface area (TPSA) is 12.5 Å². The van der Waals surface area contributed by atoms with Gasteiger partial charge in [-0.2, -0.15) is 0 Å². The summed E-state index contributed by atoms with van der Waals surface area (Å²) in [6.07, 6.45) is 1.15. The summed E-state index contributed by atoms with van der Waals surface area (Å²) in [6, 6.07) is 17.0. The van der Waals surface area contributed by atoms with Crippen LogP contribution in [0.25, 0.3) is 0 Å². The molecule has 0 aromatic heterocycles. The Morgan fingerprint density at radius 1 is 1.05 bits per heavy atom. The lowest BCUT2D eigenvalue weighted by Gasteiger charge is -2.28. The molecule has 0 spiro atoms. The standard InChI is InChI=1S/C18H21NO/c1-15-5-4-8-18(13-15)20-12-11-19-10-9-16-6-2-3-7-17(16)14-19/h2-8,13H,9-12,14H2,1H3. The van der Waals surface area contributed by atoms with Crippen molar-refractivity contribution in [3.05, 3.63) is 65.2 Å². The van der Waals surface area contributed by atoms with Gasteiger partial charge in [0.25, 0.3) is 0 Å². The Hall–Kier alpha value is -1.80. The average molecular weight is 267 g/mol. The molecule has 0 fully saturated rings. The molecular weight excluding hydrogens is 246 g/mol. The molecule has 2 heteroatoms. The van der Waals surface area contributed by atoms with Crippen molar-refractivity contribution in [2.75, 3.05) is 19.7 Å². The molecule has 104 valence electrons. The number of fused-ring (bicyclic) bond motifs is 1. The van der Waals surface area contributed by atoms with Gasteiger partial charge in [0, 0.05) is 19.6 Å². The first-order valence-corrected chi connectivity index (χ1v) is 7.30. The molecule has 3 rings (SSSR count). The van der Waals surface area contributed by atoms with Crippen molar-refractivity contribution >= 4 is 0 Å². The number of nitrogens with zero attached hydrogens (tertiary/aromatic N) is 1. The molecule has 2 aromatic rings. The maximum atomic E-state index is 5.84. The number of ether oxygens (including phenoxy) is 1. The van der Waals surface area contributed by atoms with E-state index in [9.17, 15) is 0 Å². The third kappa shape index (κ3) is 3.20. The Morgan fingerprint density at radius 3 is 2.75 bits per heavy atom. The van der Waals surface area contributed by atoms with Crippen LogP contribution in [0, 0.1) is 6.92 Å². The van der Waals surface area contributed by atoms with Gasteiger partial charge in [0.15, 0.2) is 0 Å². The Bertz CT molecular complexity index is 579. The monoisotopic (exact) mass is 267 g/mol. The minimum Gasteiger partial charge on any atom is -0.492 e.